The van der Waals surface area contributed by atoms with E-state index >= 15 is 0 Å². The predicted molar refractivity (Wildman–Crippen MR) is 73.5 cm³/mol. The van der Waals surface area contributed by atoms with Gasteiger partial charge in [0.25, 0.3) is 0 Å². The van der Waals surface area contributed by atoms with Gasteiger partial charge in [-0.3, -0.25) is 0 Å². The molecule has 1 N–H and O–H groups in total. The van der Waals surface area contributed by atoms with Crippen LogP contribution in [0.2, 0.25) is 0 Å². The third-order valence-corrected chi connectivity index (χ3v) is 2.69. The van der Waals surface area contributed by atoms with Crippen molar-refractivity contribution in [1.82, 2.24) is 0 Å². The molecule has 96 valence electrons. The average Bonchev–Trinajstić information content (AvgIpc) is 2.33. The zero-order valence-corrected chi connectivity index (χ0v) is 10.9. The lowest BCUT2D eigenvalue weighted by Crippen LogP contribution is -2.25. The van der Waals surface area contributed by atoms with Gasteiger partial charge in [0.05, 0.1) is 0 Å². The smallest absolute Gasteiger partial charge is 0.127 e. The summed E-state index contributed by atoms with van der Waals surface area (Å²) < 4.78 is 13.8. The second kappa shape index (κ2) is 6.37. The number of unbranched alkanes of at least 4 members (excludes halogenated alkanes) is 1. The van der Waals surface area contributed by atoms with Crippen LogP contribution in [-0.4, -0.2) is 10.7 Å². The Balaban J connectivity index is 2.84. The first-order valence-corrected chi connectivity index (χ1v) is 6.13. The van der Waals surface area contributed by atoms with Gasteiger partial charge in [-0.2, -0.15) is 0 Å². The second-order valence-electron chi connectivity index (χ2n) is 4.64. The van der Waals surface area contributed by atoms with E-state index in [1.807, 2.05) is 18.2 Å². The Morgan fingerprint density at radius 1 is 1.50 bits per heavy atom. The van der Waals surface area contributed by atoms with E-state index in [2.05, 4.69) is 12.8 Å². The molecule has 0 aliphatic heterocycles. The lowest BCUT2D eigenvalue weighted by atomic mass is 9.96. The van der Waals surface area contributed by atoms with Crippen LogP contribution >= 0.6 is 0 Å². The van der Waals surface area contributed by atoms with Gasteiger partial charge >= 0.3 is 0 Å². The summed E-state index contributed by atoms with van der Waals surface area (Å²) in [5.74, 6) is 1.92. The summed E-state index contributed by atoms with van der Waals surface area (Å²) >= 11 is 0. The highest BCUT2D eigenvalue weighted by Gasteiger charge is 2.19. The highest BCUT2D eigenvalue weighted by atomic mass is 19.1. The Morgan fingerprint density at radius 3 is 2.78 bits per heavy atom. The SMILES string of the molecule is C#CC(C)(O)Cc1ccc(C=CCCC)cc1F. The van der Waals surface area contributed by atoms with Crippen molar-refractivity contribution in [2.24, 2.45) is 0 Å². The molecule has 0 spiro atoms. The maximum Gasteiger partial charge on any atom is 0.127 e. The lowest BCUT2D eigenvalue weighted by Gasteiger charge is -2.16. The quantitative estimate of drug-likeness (QED) is 0.787. The van der Waals surface area contributed by atoms with Crippen LogP contribution in [0.1, 0.15) is 37.8 Å². The standard InChI is InChI=1S/C16H19FO/c1-4-6-7-8-13-9-10-14(15(17)11-13)12-16(3,18)5-2/h2,7-11,18H,4,6,12H2,1,3H3. The van der Waals surface area contributed by atoms with E-state index < -0.39 is 5.60 Å². The summed E-state index contributed by atoms with van der Waals surface area (Å²) in [6.45, 7) is 3.59. The van der Waals surface area contributed by atoms with E-state index in [0.29, 0.717) is 5.56 Å². The molecule has 1 aromatic rings. The van der Waals surface area contributed by atoms with Gasteiger partial charge in [-0.05, 0) is 30.5 Å². The first kappa shape index (κ1) is 14.5. The summed E-state index contributed by atoms with van der Waals surface area (Å²) in [4.78, 5) is 0. The Morgan fingerprint density at radius 2 is 2.22 bits per heavy atom. The number of rotatable bonds is 5. The Labute approximate surface area is 108 Å². The van der Waals surface area contributed by atoms with E-state index in [-0.39, 0.29) is 12.2 Å². The number of aliphatic hydroxyl groups is 1. The van der Waals surface area contributed by atoms with Crippen molar-refractivity contribution in [2.45, 2.75) is 38.7 Å². The fourth-order valence-electron chi connectivity index (χ4n) is 1.62. The van der Waals surface area contributed by atoms with E-state index in [1.54, 1.807) is 6.07 Å². The number of benzene rings is 1. The Bertz CT molecular complexity index is 466. The van der Waals surface area contributed by atoms with Crippen LogP contribution in [0.5, 0.6) is 0 Å². The number of terminal acetylenes is 1. The van der Waals surface area contributed by atoms with Gasteiger partial charge in [0.15, 0.2) is 0 Å². The van der Waals surface area contributed by atoms with Crippen molar-refractivity contribution in [2.75, 3.05) is 0 Å². The van der Waals surface area contributed by atoms with Gasteiger partial charge in [0.2, 0.25) is 0 Å². The lowest BCUT2D eigenvalue weighted by molar-refractivity contribution is 0.122. The second-order valence-corrected chi connectivity index (χ2v) is 4.64. The van der Waals surface area contributed by atoms with Crippen LogP contribution in [0.3, 0.4) is 0 Å². The molecule has 0 amide bonds. The molecular weight excluding hydrogens is 227 g/mol. The Hall–Kier alpha value is -1.59. The number of hydrogen-bond donors (Lipinski definition) is 1. The number of halogens is 1. The molecule has 2 heteroatoms. The van der Waals surface area contributed by atoms with E-state index in [1.165, 1.54) is 13.0 Å². The third kappa shape index (κ3) is 4.35. The molecule has 1 unspecified atom stereocenters. The highest BCUT2D eigenvalue weighted by Crippen LogP contribution is 2.18. The zero-order chi connectivity index (χ0) is 13.6. The molecule has 0 heterocycles. The normalized spacial score (nSPS) is 14.4. The van der Waals surface area contributed by atoms with Crippen molar-refractivity contribution in [3.63, 3.8) is 0 Å². The third-order valence-electron chi connectivity index (χ3n) is 2.69. The average molecular weight is 246 g/mol. The molecule has 0 bridgehead atoms. The highest BCUT2D eigenvalue weighted by molar-refractivity contribution is 5.50. The largest absolute Gasteiger partial charge is 0.378 e. The van der Waals surface area contributed by atoms with Crippen LogP contribution in [0.15, 0.2) is 24.3 Å². The molecule has 0 radical (unpaired) electrons. The van der Waals surface area contributed by atoms with Crippen LogP contribution in [-0.2, 0) is 6.42 Å². The predicted octanol–water partition coefficient (Wildman–Crippen LogP) is 3.57. The van der Waals surface area contributed by atoms with Gasteiger partial charge in [0.1, 0.15) is 11.4 Å². The van der Waals surface area contributed by atoms with Crippen LogP contribution < -0.4 is 0 Å². The molecule has 0 saturated carbocycles. The van der Waals surface area contributed by atoms with Crippen molar-refractivity contribution in [3.8, 4) is 12.3 Å². The van der Waals surface area contributed by atoms with Crippen LogP contribution in [0.25, 0.3) is 6.08 Å². The molecular formula is C16H19FO. The van der Waals surface area contributed by atoms with Crippen LogP contribution in [0, 0.1) is 18.2 Å². The molecule has 0 fully saturated rings. The topological polar surface area (TPSA) is 20.2 Å². The van der Waals surface area contributed by atoms with Crippen LogP contribution in [0.4, 0.5) is 4.39 Å². The molecule has 0 aliphatic rings. The first-order chi connectivity index (χ1) is 8.48. The van der Waals surface area contributed by atoms with Crippen molar-refractivity contribution < 1.29 is 9.50 Å². The zero-order valence-electron chi connectivity index (χ0n) is 10.9. The van der Waals surface area contributed by atoms with Gasteiger partial charge in [0, 0.05) is 6.42 Å². The van der Waals surface area contributed by atoms with Crippen molar-refractivity contribution >= 4 is 6.08 Å². The number of allylic oxidation sites excluding steroid dienone is 1. The summed E-state index contributed by atoms with van der Waals surface area (Å²) in [6.07, 6.45) is 11.3. The summed E-state index contributed by atoms with van der Waals surface area (Å²) in [6, 6.07) is 4.97. The molecule has 1 rings (SSSR count). The first-order valence-electron chi connectivity index (χ1n) is 6.13. The minimum absolute atomic E-state index is 0.119. The summed E-state index contributed by atoms with van der Waals surface area (Å²) in [5, 5.41) is 9.73. The minimum atomic E-state index is -1.31. The molecule has 1 aromatic carbocycles. The molecule has 0 aliphatic carbocycles. The van der Waals surface area contributed by atoms with Gasteiger partial charge in [-0.25, -0.2) is 4.39 Å². The molecule has 18 heavy (non-hydrogen) atoms. The number of hydrogen-bond acceptors (Lipinski definition) is 1. The van der Waals surface area contributed by atoms with Crippen molar-refractivity contribution in [3.05, 3.63) is 41.2 Å². The Kier molecular flexibility index (Phi) is 5.12. The minimum Gasteiger partial charge on any atom is -0.378 e. The fourth-order valence-corrected chi connectivity index (χ4v) is 1.62. The van der Waals surface area contributed by atoms with E-state index in [4.69, 9.17) is 6.42 Å². The molecule has 1 atom stereocenters. The maximum atomic E-state index is 13.8. The van der Waals surface area contributed by atoms with Gasteiger partial charge < -0.3 is 5.11 Å². The van der Waals surface area contributed by atoms with Gasteiger partial charge in [-0.1, -0.05) is 43.5 Å². The fraction of sp³-hybridized carbons (Fsp3) is 0.375. The molecule has 0 saturated heterocycles. The van der Waals surface area contributed by atoms with E-state index in [0.717, 1.165) is 18.4 Å². The maximum absolute atomic E-state index is 13.8. The summed E-state index contributed by atoms with van der Waals surface area (Å²) in [7, 11) is 0. The molecule has 1 nitrogen and oxygen atoms in total. The molecule has 0 aromatic heterocycles. The van der Waals surface area contributed by atoms with Crippen molar-refractivity contribution in [1.29, 1.82) is 0 Å². The summed E-state index contributed by atoms with van der Waals surface area (Å²) in [5.41, 5.74) is -0.0453. The monoisotopic (exact) mass is 246 g/mol. The van der Waals surface area contributed by atoms with E-state index in [9.17, 15) is 9.50 Å². The van der Waals surface area contributed by atoms with Gasteiger partial charge in [-0.15, -0.1) is 6.42 Å².